The van der Waals surface area contributed by atoms with Crippen LogP contribution in [-0.2, 0) is 19.1 Å². The van der Waals surface area contributed by atoms with E-state index in [1.165, 1.54) is 25.7 Å². The van der Waals surface area contributed by atoms with Crippen LogP contribution in [0, 0.1) is 0 Å². The number of carboxylic acids is 1. The summed E-state index contributed by atoms with van der Waals surface area (Å²) in [5.74, 6) is -3.45. The van der Waals surface area contributed by atoms with Crippen molar-refractivity contribution in [1.29, 1.82) is 0 Å². The van der Waals surface area contributed by atoms with E-state index < -0.39 is 24.0 Å². The molecule has 1 unspecified atom stereocenters. The monoisotopic (exact) mass is 314 g/mol. The molecule has 22 heavy (non-hydrogen) atoms. The fourth-order valence-corrected chi connectivity index (χ4v) is 1.93. The smallest absolute Gasteiger partial charge is 0.342 e. The number of rotatable bonds is 12. The van der Waals surface area contributed by atoms with Gasteiger partial charge in [-0.1, -0.05) is 58.3 Å². The molecule has 6 nitrogen and oxygen atoms in total. The van der Waals surface area contributed by atoms with Gasteiger partial charge in [-0.15, -0.1) is 0 Å². The molecule has 0 rings (SSSR count). The molecule has 6 heteroatoms. The molecule has 0 spiro atoms. The SMILES string of the molecule is CCCCCCCCCCC(O)C(=O)OC(=O)C=CC(=O)O. The highest BCUT2D eigenvalue weighted by molar-refractivity contribution is 5.96. The van der Waals surface area contributed by atoms with Crippen molar-refractivity contribution in [3.63, 3.8) is 0 Å². The molecule has 0 fully saturated rings. The highest BCUT2D eigenvalue weighted by Crippen LogP contribution is 2.11. The predicted molar refractivity (Wildman–Crippen MR) is 81.1 cm³/mol. The fourth-order valence-electron chi connectivity index (χ4n) is 1.93. The molecule has 0 bridgehead atoms. The first-order chi connectivity index (χ1) is 10.5. The highest BCUT2D eigenvalue weighted by atomic mass is 16.6. The third kappa shape index (κ3) is 12.1. The van der Waals surface area contributed by atoms with Crippen LogP contribution < -0.4 is 0 Å². The molecular weight excluding hydrogens is 288 g/mol. The lowest BCUT2D eigenvalue weighted by Crippen LogP contribution is -2.25. The number of aliphatic carboxylic acids is 1. The second kappa shape index (κ2) is 13.0. The van der Waals surface area contributed by atoms with Crippen LogP contribution in [-0.4, -0.2) is 34.2 Å². The zero-order valence-corrected chi connectivity index (χ0v) is 13.1. The molecule has 2 N–H and O–H groups in total. The largest absolute Gasteiger partial charge is 0.478 e. The topological polar surface area (TPSA) is 101 Å². The quantitative estimate of drug-likeness (QED) is 0.248. The molecule has 126 valence electrons. The summed E-state index contributed by atoms with van der Waals surface area (Å²) < 4.78 is 4.31. The molecule has 0 heterocycles. The van der Waals surface area contributed by atoms with E-state index in [9.17, 15) is 19.5 Å². The summed E-state index contributed by atoms with van der Waals surface area (Å²) in [6, 6.07) is 0. The fraction of sp³-hybridized carbons (Fsp3) is 0.688. The van der Waals surface area contributed by atoms with Crippen molar-refractivity contribution in [1.82, 2.24) is 0 Å². The van der Waals surface area contributed by atoms with Crippen molar-refractivity contribution in [2.75, 3.05) is 0 Å². The van der Waals surface area contributed by atoms with Gasteiger partial charge in [0.2, 0.25) is 0 Å². The van der Waals surface area contributed by atoms with Crippen LogP contribution in [0.1, 0.15) is 64.7 Å². The van der Waals surface area contributed by atoms with Crippen LogP contribution in [0.5, 0.6) is 0 Å². The van der Waals surface area contributed by atoms with Gasteiger partial charge in [0.25, 0.3) is 0 Å². The van der Waals surface area contributed by atoms with Crippen molar-refractivity contribution in [3.8, 4) is 0 Å². The number of carbonyl (C=O) groups is 3. The van der Waals surface area contributed by atoms with Crippen LogP contribution in [0.15, 0.2) is 12.2 Å². The summed E-state index contributed by atoms with van der Waals surface area (Å²) in [5, 5.41) is 17.9. The van der Waals surface area contributed by atoms with E-state index in [1.54, 1.807) is 0 Å². The van der Waals surface area contributed by atoms with Crippen LogP contribution in [0.3, 0.4) is 0 Å². The van der Waals surface area contributed by atoms with Crippen molar-refractivity contribution >= 4 is 17.9 Å². The van der Waals surface area contributed by atoms with Crippen LogP contribution in [0.2, 0.25) is 0 Å². The standard InChI is InChI=1S/C16H26O6/c1-2-3-4-5-6-7-8-9-10-13(17)16(21)22-15(20)12-11-14(18)19/h11-13,17H,2-10H2,1H3,(H,18,19). The Bertz CT molecular complexity index is 375. The Labute approximate surface area is 131 Å². The molecule has 0 radical (unpaired) electrons. The van der Waals surface area contributed by atoms with E-state index in [0.29, 0.717) is 18.6 Å². The van der Waals surface area contributed by atoms with Gasteiger partial charge in [-0.2, -0.15) is 0 Å². The van der Waals surface area contributed by atoms with Gasteiger partial charge < -0.3 is 14.9 Å². The Morgan fingerprint density at radius 2 is 1.50 bits per heavy atom. The molecule has 0 aliphatic carbocycles. The van der Waals surface area contributed by atoms with E-state index in [1.807, 2.05) is 0 Å². The molecule has 0 saturated carbocycles. The summed E-state index contributed by atoms with van der Waals surface area (Å²) in [5.41, 5.74) is 0. The van der Waals surface area contributed by atoms with Gasteiger partial charge in [0, 0.05) is 12.2 Å². The summed E-state index contributed by atoms with van der Waals surface area (Å²) >= 11 is 0. The maximum absolute atomic E-state index is 11.4. The molecule has 0 aromatic heterocycles. The molecule has 0 aliphatic rings. The maximum atomic E-state index is 11.4. The average molecular weight is 314 g/mol. The van der Waals surface area contributed by atoms with E-state index in [-0.39, 0.29) is 6.42 Å². The molecule has 1 atom stereocenters. The number of hydrogen-bond donors (Lipinski definition) is 2. The minimum Gasteiger partial charge on any atom is -0.478 e. The minimum atomic E-state index is -1.35. The van der Waals surface area contributed by atoms with Gasteiger partial charge in [-0.3, -0.25) is 0 Å². The zero-order chi connectivity index (χ0) is 16.8. The number of aliphatic hydroxyl groups is 1. The molecule has 0 aromatic carbocycles. The van der Waals surface area contributed by atoms with Gasteiger partial charge in [0.15, 0.2) is 6.10 Å². The van der Waals surface area contributed by atoms with E-state index in [0.717, 1.165) is 19.3 Å². The Hall–Kier alpha value is -1.69. The summed E-state index contributed by atoms with van der Waals surface area (Å²) in [6.45, 7) is 2.17. The van der Waals surface area contributed by atoms with Crippen molar-refractivity contribution in [2.24, 2.45) is 0 Å². The Kier molecular flexibility index (Phi) is 12.0. The Morgan fingerprint density at radius 3 is 2.05 bits per heavy atom. The zero-order valence-electron chi connectivity index (χ0n) is 13.1. The number of hydrogen-bond acceptors (Lipinski definition) is 5. The second-order valence-electron chi connectivity index (χ2n) is 5.19. The lowest BCUT2D eigenvalue weighted by molar-refractivity contribution is -0.163. The summed E-state index contributed by atoms with van der Waals surface area (Å²) in [7, 11) is 0. The summed E-state index contributed by atoms with van der Waals surface area (Å²) in [4.78, 5) is 32.6. The van der Waals surface area contributed by atoms with Gasteiger partial charge in [-0.05, 0) is 6.42 Å². The molecule has 0 amide bonds. The van der Waals surface area contributed by atoms with E-state index in [2.05, 4.69) is 11.7 Å². The first kappa shape index (κ1) is 20.3. The minimum absolute atomic E-state index is 0.240. The third-order valence-corrected chi connectivity index (χ3v) is 3.17. The molecule has 0 aliphatic heterocycles. The van der Waals surface area contributed by atoms with Gasteiger partial charge in [-0.25, -0.2) is 14.4 Å². The lowest BCUT2D eigenvalue weighted by atomic mass is 10.1. The summed E-state index contributed by atoms with van der Waals surface area (Å²) in [6.07, 6.45) is 8.84. The number of esters is 2. The number of ether oxygens (including phenoxy) is 1. The second-order valence-corrected chi connectivity index (χ2v) is 5.19. The van der Waals surface area contributed by atoms with Gasteiger partial charge in [0.1, 0.15) is 0 Å². The normalized spacial score (nSPS) is 12.3. The van der Waals surface area contributed by atoms with Crippen molar-refractivity contribution in [3.05, 3.63) is 12.2 Å². The third-order valence-electron chi connectivity index (χ3n) is 3.17. The number of carbonyl (C=O) groups excluding carboxylic acids is 2. The van der Waals surface area contributed by atoms with E-state index in [4.69, 9.17) is 5.11 Å². The Balaban J connectivity index is 3.70. The Morgan fingerprint density at radius 1 is 0.955 bits per heavy atom. The average Bonchev–Trinajstić information content (AvgIpc) is 2.47. The maximum Gasteiger partial charge on any atom is 0.342 e. The van der Waals surface area contributed by atoms with Crippen molar-refractivity contribution in [2.45, 2.75) is 70.8 Å². The molecule has 0 aromatic rings. The number of aliphatic hydroxyl groups excluding tert-OH is 1. The van der Waals surface area contributed by atoms with Gasteiger partial charge >= 0.3 is 17.9 Å². The van der Waals surface area contributed by atoms with Crippen LogP contribution >= 0.6 is 0 Å². The molecule has 0 saturated heterocycles. The van der Waals surface area contributed by atoms with Gasteiger partial charge in [0.05, 0.1) is 0 Å². The van der Waals surface area contributed by atoms with Crippen molar-refractivity contribution < 1.29 is 29.3 Å². The number of carboxylic acid groups (broad SMARTS) is 1. The molecular formula is C16H26O6. The first-order valence-electron chi connectivity index (χ1n) is 7.82. The predicted octanol–water partition coefficient (Wildman–Crippen LogP) is 2.59. The van der Waals surface area contributed by atoms with Crippen LogP contribution in [0.25, 0.3) is 0 Å². The van der Waals surface area contributed by atoms with E-state index >= 15 is 0 Å². The van der Waals surface area contributed by atoms with Crippen LogP contribution in [0.4, 0.5) is 0 Å². The lowest BCUT2D eigenvalue weighted by Gasteiger charge is -2.08. The number of unbranched alkanes of at least 4 members (excludes halogenated alkanes) is 7. The highest BCUT2D eigenvalue weighted by Gasteiger charge is 2.18. The first-order valence-corrected chi connectivity index (χ1v) is 7.82.